The van der Waals surface area contributed by atoms with Crippen LogP contribution in [0.2, 0.25) is 0 Å². The van der Waals surface area contributed by atoms with Gasteiger partial charge in [-0.25, -0.2) is 0 Å². The van der Waals surface area contributed by atoms with Gasteiger partial charge >= 0.3 is 11.9 Å². The lowest BCUT2D eigenvalue weighted by Crippen LogP contribution is -2.46. The number of rotatable bonds is 10. The van der Waals surface area contributed by atoms with Crippen molar-refractivity contribution >= 4 is 18.2 Å². The summed E-state index contributed by atoms with van der Waals surface area (Å²) in [6.45, 7) is -0.760. The molecule has 0 aliphatic heterocycles. The van der Waals surface area contributed by atoms with Crippen molar-refractivity contribution in [3.05, 3.63) is 0 Å². The van der Waals surface area contributed by atoms with Crippen LogP contribution < -0.4 is 0 Å². The molecular weight excluding hydrogens is 304 g/mol. The van der Waals surface area contributed by atoms with Crippen molar-refractivity contribution in [3.63, 3.8) is 0 Å². The molecule has 0 aromatic heterocycles. The van der Waals surface area contributed by atoms with Gasteiger partial charge in [-0.15, -0.1) is 0 Å². The number of carbonyl (C=O) groups is 3. The fraction of sp³-hybridized carbons (Fsp3) is 0.750. The average molecular weight is 326 g/mol. The summed E-state index contributed by atoms with van der Waals surface area (Å²) in [5, 5.41) is 59.8. The topological polar surface area (TPSA) is 193 Å². The highest BCUT2D eigenvalue weighted by Gasteiger charge is 2.29. The fourth-order valence-electron chi connectivity index (χ4n) is 1.17. The molecule has 0 rings (SSSR count). The summed E-state index contributed by atoms with van der Waals surface area (Å²) >= 11 is 0. The van der Waals surface area contributed by atoms with E-state index in [9.17, 15) is 14.4 Å². The van der Waals surface area contributed by atoms with E-state index in [4.69, 9.17) is 35.7 Å². The Bertz CT molecular complexity index is 316. The molecule has 0 aromatic rings. The summed E-state index contributed by atoms with van der Waals surface area (Å²) < 4.78 is 0. The van der Waals surface area contributed by atoms with E-state index in [1.165, 1.54) is 0 Å². The molecule has 0 radical (unpaired) electrons. The second-order valence-corrected chi connectivity index (χ2v) is 4.35. The maximum atomic E-state index is 9.90. The van der Waals surface area contributed by atoms with Gasteiger partial charge in [0.25, 0.3) is 0 Å². The zero-order valence-electron chi connectivity index (χ0n) is 11.8. The van der Waals surface area contributed by atoms with Crippen LogP contribution in [0.3, 0.4) is 0 Å². The van der Waals surface area contributed by atoms with Crippen molar-refractivity contribution in [3.8, 4) is 0 Å². The third-order valence-electron chi connectivity index (χ3n) is 2.45. The molecule has 130 valence electrons. The van der Waals surface area contributed by atoms with E-state index in [0.717, 1.165) is 0 Å². The molecule has 0 aliphatic carbocycles. The Hall–Kier alpha value is -1.59. The van der Waals surface area contributed by atoms with E-state index in [0.29, 0.717) is 12.8 Å². The molecule has 0 spiro atoms. The molecule has 0 heterocycles. The first-order valence-electron chi connectivity index (χ1n) is 6.39. The first-order valence-corrected chi connectivity index (χ1v) is 6.39. The van der Waals surface area contributed by atoms with E-state index in [1.807, 2.05) is 0 Å². The summed E-state index contributed by atoms with van der Waals surface area (Å²) in [6, 6.07) is 0. The highest BCUT2D eigenvalue weighted by atomic mass is 16.4. The van der Waals surface area contributed by atoms with Crippen molar-refractivity contribution in [2.75, 3.05) is 6.61 Å². The Kier molecular flexibility index (Phi) is 13.5. The summed E-state index contributed by atoms with van der Waals surface area (Å²) in [4.78, 5) is 29.7. The van der Waals surface area contributed by atoms with Crippen molar-refractivity contribution in [1.29, 1.82) is 0 Å². The van der Waals surface area contributed by atoms with Crippen LogP contribution in [0.15, 0.2) is 0 Å². The number of aldehydes is 1. The highest BCUT2D eigenvalue weighted by molar-refractivity contribution is 5.67. The molecule has 10 heteroatoms. The largest absolute Gasteiger partial charge is 0.481 e. The van der Waals surface area contributed by atoms with Gasteiger partial charge in [0.05, 0.1) is 6.61 Å². The average Bonchev–Trinajstić information content (AvgIpc) is 2.48. The molecule has 4 atom stereocenters. The highest BCUT2D eigenvalue weighted by Crippen LogP contribution is 2.03. The number of aliphatic hydroxyl groups is 5. The molecule has 0 fully saturated rings. The summed E-state index contributed by atoms with van der Waals surface area (Å²) in [5.74, 6) is -1.74. The zero-order valence-corrected chi connectivity index (χ0v) is 11.8. The zero-order chi connectivity index (χ0) is 17.7. The van der Waals surface area contributed by atoms with Crippen LogP contribution in [0.5, 0.6) is 0 Å². The smallest absolute Gasteiger partial charge is 0.303 e. The van der Waals surface area contributed by atoms with Crippen LogP contribution in [0.25, 0.3) is 0 Å². The number of hydrogen-bond donors (Lipinski definition) is 7. The molecule has 0 amide bonds. The van der Waals surface area contributed by atoms with Gasteiger partial charge in [-0.05, 0) is 12.8 Å². The molecule has 0 bridgehead atoms. The van der Waals surface area contributed by atoms with E-state index < -0.39 is 43.0 Å². The third kappa shape index (κ3) is 12.2. The standard InChI is InChI=1S/C6H12O6.C6H10O4/c7-1-3(9)5(11)6(12)4(10)2-8;7-5(8)3-1-2-4-6(9)10/h1,3-6,8-12H,2H2;1-4H2,(H,7,8)(H,9,10). The van der Waals surface area contributed by atoms with E-state index >= 15 is 0 Å². The van der Waals surface area contributed by atoms with Crippen LogP contribution in [0.1, 0.15) is 25.7 Å². The predicted molar refractivity (Wildman–Crippen MR) is 70.9 cm³/mol. The molecule has 0 saturated heterocycles. The quantitative estimate of drug-likeness (QED) is 0.164. The summed E-state index contributed by atoms with van der Waals surface area (Å²) in [6.07, 6.45) is -5.82. The van der Waals surface area contributed by atoms with Crippen molar-refractivity contribution in [2.45, 2.75) is 50.1 Å². The lowest BCUT2D eigenvalue weighted by Gasteiger charge is -2.22. The van der Waals surface area contributed by atoms with Gasteiger partial charge in [0.15, 0.2) is 6.29 Å². The fourth-order valence-corrected chi connectivity index (χ4v) is 1.17. The van der Waals surface area contributed by atoms with Crippen LogP contribution in [0, 0.1) is 0 Å². The molecule has 22 heavy (non-hydrogen) atoms. The van der Waals surface area contributed by atoms with Gasteiger partial charge in [-0.2, -0.15) is 0 Å². The predicted octanol–water partition coefficient (Wildman–Crippen LogP) is -2.66. The van der Waals surface area contributed by atoms with Crippen LogP contribution in [-0.4, -0.2) is 85.0 Å². The first kappa shape index (κ1) is 22.7. The Labute approximate surface area is 126 Å². The van der Waals surface area contributed by atoms with Gasteiger partial charge in [-0.1, -0.05) is 0 Å². The normalized spacial score (nSPS) is 15.7. The molecule has 7 N–H and O–H groups in total. The minimum Gasteiger partial charge on any atom is -0.481 e. The Morgan fingerprint density at radius 1 is 0.864 bits per heavy atom. The minimum absolute atomic E-state index is 0.0258. The number of aliphatic hydroxyl groups excluding tert-OH is 5. The van der Waals surface area contributed by atoms with E-state index in [2.05, 4.69) is 0 Å². The number of unbranched alkanes of at least 4 members (excludes halogenated alkanes) is 1. The SMILES string of the molecule is O=C(O)CCCCC(=O)O.O=CC(O)C(O)C(O)C(O)CO. The molecule has 0 aromatic carbocycles. The summed E-state index contributed by atoms with van der Waals surface area (Å²) in [5.41, 5.74) is 0. The van der Waals surface area contributed by atoms with E-state index in [1.54, 1.807) is 0 Å². The number of carboxylic acids is 2. The Balaban J connectivity index is 0. The third-order valence-corrected chi connectivity index (χ3v) is 2.45. The molecular formula is C12H22O10. The van der Waals surface area contributed by atoms with Gasteiger partial charge in [0.1, 0.15) is 24.4 Å². The number of aliphatic carboxylic acids is 2. The van der Waals surface area contributed by atoms with Crippen molar-refractivity contribution in [2.24, 2.45) is 0 Å². The molecule has 10 nitrogen and oxygen atoms in total. The number of carbonyl (C=O) groups excluding carboxylic acids is 1. The maximum Gasteiger partial charge on any atom is 0.303 e. The molecule has 0 aliphatic rings. The van der Waals surface area contributed by atoms with E-state index in [-0.39, 0.29) is 19.1 Å². The molecule has 4 unspecified atom stereocenters. The van der Waals surface area contributed by atoms with Crippen LogP contribution in [0.4, 0.5) is 0 Å². The minimum atomic E-state index is -1.79. The van der Waals surface area contributed by atoms with Gasteiger partial charge < -0.3 is 40.5 Å². The van der Waals surface area contributed by atoms with Gasteiger partial charge in [0, 0.05) is 12.8 Å². The van der Waals surface area contributed by atoms with Crippen LogP contribution in [-0.2, 0) is 14.4 Å². The van der Waals surface area contributed by atoms with Gasteiger partial charge in [0.2, 0.25) is 0 Å². The Morgan fingerprint density at radius 2 is 1.27 bits per heavy atom. The first-order chi connectivity index (χ1) is 10.2. The number of carboxylic acid groups (broad SMARTS) is 2. The lowest BCUT2D eigenvalue weighted by atomic mass is 10.0. The van der Waals surface area contributed by atoms with Gasteiger partial charge in [-0.3, -0.25) is 9.59 Å². The number of hydrogen-bond acceptors (Lipinski definition) is 8. The molecule has 0 saturated carbocycles. The van der Waals surface area contributed by atoms with Crippen molar-refractivity contribution in [1.82, 2.24) is 0 Å². The maximum absolute atomic E-state index is 9.90. The summed E-state index contributed by atoms with van der Waals surface area (Å²) in [7, 11) is 0. The lowest BCUT2D eigenvalue weighted by molar-refractivity contribution is -0.139. The Morgan fingerprint density at radius 3 is 1.55 bits per heavy atom. The second kappa shape index (κ2) is 13.1. The monoisotopic (exact) mass is 326 g/mol. The second-order valence-electron chi connectivity index (χ2n) is 4.35. The van der Waals surface area contributed by atoms with Crippen molar-refractivity contribution < 1.29 is 50.1 Å². The van der Waals surface area contributed by atoms with Crippen LogP contribution >= 0.6 is 0 Å².